The summed E-state index contributed by atoms with van der Waals surface area (Å²) >= 11 is 7.72. The smallest absolute Gasteiger partial charge is 0.121 e. The number of hydrogen-bond donors (Lipinski definition) is 1. The van der Waals surface area contributed by atoms with Gasteiger partial charge in [-0.25, -0.2) is 4.98 Å². The molecule has 0 radical (unpaired) electrons. The predicted molar refractivity (Wildman–Crippen MR) is 83.3 cm³/mol. The van der Waals surface area contributed by atoms with Gasteiger partial charge in [-0.2, -0.15) is 5.10 Å². The summed E-state index contributed by atoms with van der Waals surface area (Å²) in [5.74, 6) is 0. The van der Waals surface area contributed by atoms with E-state index in [0.717, 1.165) is 28.6 Å². The molecule has 0 bridgehead atoms. The van der Waals surface area contributed by atoms with E-state index in [1.165, 1.54) is 5.56 Å². The van der Waals surface area contributed by atoms with Gasteiger partial charge < -0.3 is 5.73 Å². The Bertz CT molecular complexity index is 597. The van der Waals surface area contributed by atoms with Crippen molar-refractivity contribution in [3.8, 4) is 0 Å². The normalized spacial score (nSPS) is 12.7. The molecule has 2 N–H and O–H groups in total. The first-order valence-electron chi connectivity index (χ1n) is 6.59. The van der Waals surface area contributed by atoms with Gasteiger partial charge in [0.25, 0.3) is 0 Å². The lowest BCUT2D eigenvalue weighted by Gasteiger charge is -2.11. The highest BCUT2D eigenvalue weighted by molar-refractivity contribution is 7.99. The van der Waals surface area contributed by atoms with Crippen LogP contribution in [0.3, 0.4) is 0 Å². The van der Waals surface area contributed by atoms with Crippen molar-refractivity contribution in [2.24, 2.45) is 12.8 Å². The fourth-order valence-corrected chi connectivity index (χ4v) is 3.21. The van der Waals surface area contributed by atoms with Crippen molar-refractivity contribution >= 4 is 23.4 Å². The van der Waals surface area contributed by atoms with Crippen LogP contribution in [0.1, 0.15) is 24.6 Å². The van der Waals surface area contributed by atoms with Gasteiger partial charge in [-0.3, -0.25) is 4.68 Å². The summed E-state index contributed by atoms with van der Waals surface area (Å²) in [4.78, 5) is 4.32. The minimum Gasteiger partial charge on any atom is -0.327 e. The Morgan fingerprint density at radius 1 is 1.50 bits per heavy atom. The van der Waals surface area contributed by atoms with Gasteiger partial charge in [-0.05, 0) is 43.7 Å². The summed E-state index contributed by atoms with van der Waals surface area (Å²) < 4.78 is 1.88. The molecule has 0 aromatic carbocycles. The number of pyridine rings is 1. The Balaban J connectivity index is 2.34. The molecule has 0 spiro atoms. The number of nitrogens with two attached hydrogens (primary N) is 1. The van der Waals surface area contributed by atoms with Crippen molar-refractivity contribution in [2.45, 2.75) is 42.8 Å². The molecule has 1 atom stereocenters. The van der Waals surface area contributed by atoms with E-state index >= 15 is 0 Å². The Hall–Kier alpha value is -1.04. The van der Waals surface area contributed by atoms with Crippen molar-refractivity contribution < 1.29 is 0 Å². The Labute approximate surface area is 128 Å². The van der Waals surface area contributed by atoms with Crippen LogP contribution in [0.15, 0.2) is 28.4 Å². The molecule has 2 aromatic rings. The summed E-state index contributed by atoms with van der Waals surface area (Å²) in [6, 6.07) is 3.82. The van der Waals surface area contributed by atoms with Crippen LogP contribution < -0.4 is 5.73 Å². The number of nitrogens with zero attached hydrogens (tertiary/aromatic N) is 3. The standard InChI is InChI=1S/C14H19ClN4S/c1-4-10(16)8-11-9(2)18-19(3)14(11)20-13-12(15)6-5-7-17-13/h5-7,10H,4,8,16H2,1-3H3. The van der Waals surface area contributed by atoms with E-state index < -0.39 is 0 Å². The quantitative estimate of drug-likeness (QED) is 0.921. The highest BCUT2D eigenvalue weighted by atomic mass is 35.5. The third-order valence-corrected chi connectivity index (χ3v) is 4.84. The van der Waals surface area contributed by atoms with E-state index in [2.05, 4.69) is 17.0 Å². The van der Waals surface area contributed by atoms with E-state index in [1.807, 2.05) is 30.8 Å². The van der Waals surface area contributed by atoms with Crippen LogP contribution in [0.4, 0.5) is 0 Å². The lowest BCUT2D eigenvalue weighted by molar-refractivity contribution is 0.631. The summed E-state index contributed by atoms with van der Waals surface area (Å²) in [6.07, 6.45) is 3.51. The lowest BCUT2D eigenvalue weighted by Crippen LogP contribution is -2.21. The molecule has 0 amide bonds. The Morgan fingerprint density at radius 2 is 2.25 bits per heavy atom. The van der Waals surface area contributed by atoms with Crippen molar-refractivity contribution in [1.29, 1.82) is 0 Å². The molecule has 0 aliphatic rings. The fourth-order valence-electron chi connectivity index (χ4n) is 1.99. The van der Waals surface area contributed by atoms with Gasteiger partial charge in [0.2, 0.25) is 0 Å². The van der Waals surface area contributed by atoms with Crippen molar-refractivity contribution in [2.75, 3.05) is 0 Å². The van der Waals surface area contributed by atoms with Crippen LogP contribution in [0.2, 0.25) is 5.02 Å². The Kier molecular flexibility index (Phi) is 5.07. The average Bonchev–Trinajstić information content (AvgIpc) is 2.68. The molecule has 2 heterocycles. The molecular weight excluding hydrogens is 292 g/mol. The number of aromatic nitrogens is 3. The zero-order valence-electron chi connectivity index (χ0n) is 11.9. The zero-order chi connectivity index (χ0) is 14.7. The van der Waals surface area contributed by atoms with Gasteiger partial charge >= 0.3 is 0 Å². The molecule has 0 aliphatic carbocycles. The van der Waals surface area contributed by atoms with E-state index in [0.29, 0.717) is 5.02 Å². The molecule has 0 saturated carbocycles. The van der Waals surface area contributed by atoms with Crippen molar-refractivity contribution in [1.82, 2.24) is 14.8 Å². The molecule has 6 heteroatoms. The van der Waals surface area contributed by atoms with Gasteiger partial charge in [-0.15, -0.1) is 0 Å². The minimum atomic E-state index is 0.149. The summed E-state index contributed by atoms with van der Waals surface area (Å²) in [6.45, 7) is 4.11. The monoisotopic (exact) mass is 310 g/mol. The molecule has 0 aliphatic heterocycles. The third kappa shape index (κ3) is 3.34. The maximum Gasteiger partial charge on any atom is 0.121 e. The molecule has 0 fully saturated rings. The van der Waals surface area contributed by atoms with E-state index in [4.69, 9.17) is 17.3 Å². The SMILES string of the molecule is CCC(N)Cc1c(C)nn(C)c1Sc1ncccc1Cl. The zero-order valence-corrected chi connectivity index (χ0v) is 13.5. The van der Waals surface area contributed by atoms with Gasteiger partial charge in [0.1, 0.15) is 10.1 Å². The van der Waals surface area contributed by atoms with Crippen molar-refractivity contribution in [3.63, 3.8) is 0 Å². The summed E-state index contributed by atoms with van der Waals surface area (Å²) in [5.41, 5.74) is 8.30. The number of hydrogen-bond acceptors (Lipinski definition) is 4. The molecule has 1 unspecified atom stereocenters. The molecular formula is C14H19ClN4S. The predicted octanol–water partition coefficient (Wildman–Crippen LogP) is 3.21. The second-order valence-electron chi connectivity index (χ2n) is 4.76. The van der Waals surface area contributed by atoms with Crippen LogP contribution in [0.25, 0.3) is 0 Å². The van der Waals surface area contributed by atoms with Gasteiger partial charge in [0.15, 0.2) is 0 Å². The van der Waals surface area contributed by atoms with Gasteiger partial charge in [0.05, 0.1) is 10.7 Å². The lowest BCUT2D eigenvalue weighted by atomic mass is 10.1. The van der Waals surface area contributed by atoms with Crippen LogP contribution in [0.5, 0.6) is 0 Å². The van der Waals surface area contributed by atoms with Crippen molar-refractivity contribution in [3.05, 3.63) is 34.6 Å². The average molecular weight is 311 g/mol. The molecule has 108 valence electrons. The van der Waals surface area contributed by atoms with E-state index in [9.17, 15) is 0 Å². The van der Waals surface area contributed by atoms with E-state index in [1.54, 1.807) is 18.0 Å². The second-order valence-corrected chi connectivity index (χ2v) is 6.14. The second kappa shape index (κ2) is 6.61. The minimum absolute atomic E-state index is 0.149. The Morgan fingerprint density at radius 3 is 2.90 bits per heavy atom. The van der Waals surface area contributed by atoms with E-state index in [-0.39, 0.29) is 6.04 Å². The van der Waals surface area contributed by atoms with Crippen LogP contribution >= 0.6 is 23.4 Å². The molecule has 4 nitrogen and oxygen atoms in total. The van der Waals surface area contributed by atoms with Crippen LogP contribution in [0, 0.1) is 6.92 Å². The molecule has 2 rings (SSSR count). The fraction of sp³-hybridized carbons (Fsp3) is 0.429. The number of rotatable bonds is 5. The maximum atomic E-state index is 6.18. The summed E-state index contributed by atoms with van der Waals surface area (Å²) in [5, 5.41) is 7.01. The third-order valence-electron chi connectivity index (χ3n) is 3.20. The maximum absolute atomic E-state index is 6.18. The molecule has 20 heavy (non-hydrogen) atoms. The largest absolute Gasteiger partial charge is 0.327 e. The highest BCUT2D eigenvalue weighted by Crippen LogP contribution is 2.34. The topological polar surface area (TPSA) is 56.7 Å². The first-order chi connectivity index (χ1) is 9.52. The first-order valence-corrected chi connectivity index (χ1v) is 7.78. The van der Waals surface area contributed by atoms with Gasteiger partial charge in [-0.1, -0.05) is 18.5 Å². The first kappa shape index (κ1) is 15.4. The number of halogens is 1. The number of aryl methyl sites for hydroxylation is 2. The van der Waals surface area contributed by atoms with Crippen LogP contribution in [-0.4, -0.2) is 20.8 Å². The summed E-state index contributed by atoms with van der Waals surface area (Å²) in [7, 11) is 1.94. The molecule has 0 saturated heterocycles. The highest BCUT2D eigenvalue weighted by Gasteiger charge is 2.18. The van der Waals surface area contributed by atoms with Gasteiger partial charge in [0, 0.05) is 24.8 Å². The molecule has 2 aromatic heterocycles. The van der Waals surface area contributed by atoms with Crippen LogP contribution in [-0.2, 0) is 13.5 Å².